The number of rotatable bonds is 12. The van der Waals surface area contributed by atoms with Gasteiger partial charge in [-0.25, -0.2) is 13.6 Å². The van der Waals surface area contributed by atoms with Crippen LogP contribution < -0.4 is 16.0 Å². The molecular formula is C31H40ClF3N4O5. The van der Waals surface area contributed by atoms with Crippen LogP contribution in [0.4, 0.5) is 18.9 Å². The highest BCUT2D eigenvalue weighted by Gasteiger charge is 2.61. The number of anilines is 1. The van der Waals surface area contributed by atoms with Gasteiger partial charge in [-0.15, -0.1) is 0 Å². The molecule has 1 aromatic carbocycles. The molecule has 1 aromatic rings. The fraction of sp³-hybridized carbons (Fsp3) is 0.613. The molecule has 9 nitrogen and oxygen atoms in total. The standard InChI is InChI=1S/C31H40ClF3N4O5/c1-4-44-30(43)24(33)15-21(13-18-10-11-36-27(18)40)38-28(41)26-23-9-8-22(16-31(23,34)35)39(26)29(42)25(12-17(2)3)37-20-7-5-6-19(32)14-20/h5-7,14-15,17-18,21-23,25-26,37H,4,8-13,16H2,1-3H3,(H,36,40)(H,38,41)/b24-15-/t18-,21-,22+,23+,25+,26-/m0/s1. The predicted octanol–water partition coefficient (Wildman–Crippen LogP) is 4.61. The second-order valence-corrected chi connectivity index (χ2v) is 12.6. The predicted molar refractivity (Wildman–Crippen MR) is 159 cm³/mol. The van der Waals surface area contributed by atoms with E-state index in [4.69, 9.17) is 16.3 Å². The Morgan fingerprint density at radius 2 is 1.98 bits per heavy atom. The molecular weight excluding hydrogens is 601 g/mol. The molecule has 3 amide bonds. The van der Waals surface area contributed by atoms with Crippen LogP contribution in [0.1, 0.15) is 59.3 Å². The van der Waals surface area contributed by atoms with Crippen LogP contribution in [0.25, 0.3) is 0 Å². The first kappa shape index (κ1) is 33.6. The smallest absolute Gasteiger partial charge is 0.366 e. The quantitative estimate of drug-likeness (QED) is 0.227. The van der Waals surface area contributed by atoms with Gasteiger partial charge in [0.15, 0.2) is 0 Å². The second kappa shape index (κ2) is 14.2. The first-order valence-corrected chi connectivity index (χ1v) is 15.5. The molecule has 0 spiro atoms. The average molecular weight is 641 g/mol. The van der Waals surface area contributed by atoms with Crippen LogP contribution in [0.3, 0.4) is 0 Å². The maximum absolute atomic E-state index is 15.3. The number of hydrogen-bond acceptors (Lipinski definition) is 6. The van der Waals surface area contributed by atoms with E-state index in [1.54, 1.807) is 24.3 Å². The SMILES string of the molecule is CCOC(=O)/C(F)=C/[C@H](C[C@@H]1CCNC1=O)NC(=O)[C@@H]1[C@H]2CC[C@H](CC2(F)F)N1C(=O)[C@@H](CC(C)C)Nc1cccc(Cl)c1. The number of carbonyl (C=O) groups is 4. The van der Waals surface area contributed by atoms with Gasteiger partial charge in [0.1, 0.15) is 12.1 Å². The number of halogens is 4. The monoisotopic (exact) mass is 640 g/mol. The Balaban J connectivity index is 1.65. The zero-order valence-electron chi connectivity index (χ0n) is 25.1. The Hall–Kier alpha value is -3.28. The third kappa shape index (κ3) is 7.86. The molecule has 3 N–H and O–H groups in total. The van der Waals surface area contributed by atoms with Crippen LogP contribution in [0.5, 0.6) is 0 Å². The zero-order valence-corrected chi connectivity index (χ0v) is 25.8. The van der Waals surface area contributed by atoms with E-state index in [1.807, 2.05) is 13.8 Å². The number of nitrogens with zero attached hydrogens (tertiary/aromatic N) is 1. The average Bonchev–Trinajstić information content (AvgIpc) is 3.35. The van der Waals surface area contributed by atoms with Gasteiger partial charge < -0.3 is 25.6 Å². The largest absolute Gasteiger partial charge is 0.461 e. The molecule has 2 bridgehead atoms. The van der Waals surface area contributed by atoms with Crippen molar-refractivity contribution >= 4 is 41.0 Å². The van der Waals surface area contributed by atoms with Crippen molar-refractivity contribution in [3.05, 3.63) is 41.2 Å². The van der Waals surface area contributed by atoms with Crippen LogP contribution in [0, 0.1) is 17.8 Å². The van der Waals surface area contributed by atoms with Crippen molar-refractivity contribution in [2.45, 2.75) is 89.4 Å². The number of hydrogen-bond donors (Lipinski definition) is 3. The number of carbonyl (C=O) groups excluding carboxylic acids is 4. The lowest BCUT2D eigenvalue weighted by Gasteiger charge is -2.54. The summed E-state index contributed by atoms with van der Waals surface area (Å²) in [5, 5.41) is 8.90. The van der Waals surface area contributed by atoms with Gasteiger partial charge in [-0.2, -0.15) is 4.39 Å². The summed E-state index contributed by atoms with van der Waals surface area (Å²) >= 11 is 6.14. The summed E-state index contributed by atoms with van der Waals surface area (Å²) in [6.07, 6.45) is 1.32. The molecule has 3 heterocycles. The van der Waals surface area contributed by atoms with Gasteiger partial charge in [0.25, 0.3) is 5.92 Å². The number of fused-ring (bicyclic) bond motifs is 3. The summed E-state index contributed by atoms with van der Waals surface area (Å²) in [5.74, 6) is -9.42. The number of benzene rings is 1. The molecule has 3 saturated heterocycles. The van der Waals surface area contributed by atoms with E-state index in [1.165, 1.54) is 11.8 Å². The van der Waals surface area contributed by atoms with Crippen LogP contribution in [0.2, 0.25) is 5.02 Å². The molecule has 0 aromatic heterocycles. The highest BCUT2D eigenvalue weighted by atomic mass is 35.5. The molecule has 5 rings (SSSR count). The maximum atomic E-state index is 15.3. The number of amides is 3. The van der Waals surface area contributed by atoms with Crippen molar-refractivity contribution in [3.8, 4) is 0 Å². The summed E-state index contributed by atoms with van der Waals surface area (Å²) in [5.41, 5.74) is 0.569. The Labute approximate surface area is 260 Å². The van der Waals surface area contributed by atoms with Crippen molar-refractivity contribution < 1.29 is 37.1 Å². The fourth-order valence-electron chi connectivity index (χ4n) is 6.53. The lowest BCUT2D eigenvalue weighted by Crippen LogP contribution is -2.70. The van der Waals surface area contributed by atoms with E-state index in [2.05, 4.69) is 16.0 Å². The van der Waals surface area contributed by atoms with E-state index in [9.17, 15) is 23.6 Å². The van der Waals surface area contributed by atoms with Crippen LogP contribution in [0.15, 0.2) is 36.2 Å². The minimum Gasteiger partial charge on any atom is -0.461 e. The lowest BCUT2D eigenvalue weighted by atomic mass is 9.71. The van der Waals surface area contributed by atoms with Crippen molar-refractivity contribution in [3.63, 3.8) is 0 Å². The highest BCUT2D eigenvalue weighted by Crippen LogP contribution is 2.49. The van der Waals surface area contributed by atoms with Gasteiger partial charge in [-0.3, -0.25) is 14.4 Å². The second-order valence-electron chi connectivity index (χ2n) is 12.2. The summed E-state index contributed by atoms with van der Waals surface area (Å²) < 4.78 is 50.1. The van der Waals surface area contributed by atoms with Gasteiger partial charge in [-0.1, -0.05) is 31.5 Å². The minimum atomic E-state index is -3.21. The summed E-state index contributed by atoms with van der Waals surface area (Å²) in [6, 6.07) is 2.33. The first-order chi connectivity index (χ1) is 20.8. The molecule has 13 heteroatoms. The van der Waals surface area contributed by atoms with Gasteiger partial charge in [0, 0.05) is 35.6 Å². The number of alkyl halides is 2. The molecule has 1 aliphatic carbocycles. The minimum absolute atomic E-state index is 0.0266. The van der Waals surface area contributed by atoms with Crippen LogP contribution in [-0.4, -0.2) is 71.8 Å². The third-order valence-electron chi connectivity index (χ3n) is 8.48. The van der Waals surface area contributed by atoms with Gasteiger partial charge in [0.2, 0.25) is 23.5 Å². The van der Waals surface area contributed by atoms with Crippen LogP contribution >= 0.6 is 11.6 Å². The Kier molecular flexibility index (Phi) is 10.9. The number of piperidine rings is 2. The van der Waals surface area contributed by atoms with E-state index in [0.29, 0.717) is 36.5 Å². The normalized spacial score (nSPS) is 25.8. The molecule has 44 heavy (non-hydrogen) atoms. The lowest BCUT2D eigenvalue weighted by molar-refractivity contribution is -0.194. The van der Waals surface area contributed by atoms with Crippen molar-refractivity contribution in [2.24, 2.45) is 17.8 Å². The molecule has 6 atom stereocenters. The van der Waals surface area contributed by atoms with Crippen molar-refractivity contribution in [1.82, 2.24) is 15.5 Å². The number of ether oxygens (including phenoxy) is 1. The van der Waals surface area contributed by atoms with Crippen molar-refractivity contribution in [2.75, 3.05) is 18.5 Å². The van der Waals surface area contributed by atoms with E-state index >= 15 is 8.78 Å². The highest BCUT2D eigenvalue weighted by molar-refractivity contribution is 6.30. The number of esters is 1. The molecule has 0 unspecified atom stereocenters. The molecule has 4 aliphatic rings. The van der Waals surface area contributed by atoms with Crippen molar-refractivity contribution in [1.29, 1.82) is 0 Å². The van der Waals surface area contributed by atoms with E-state index < -0.39 is 72.0 Å². The topological polar surface area (TPSA) is 117 Å². The fourth-order valence-corrected chi connectivity index (χ4v) is 6.72. The Morgan fingerprint density at radius 1 is 1.23 bits per heavy atom. The van der Waals surface area contributed by atoms with Crippen LogP contribution in [-0.2, 0) is 23.9 Å². The Morgan fingerprint density at radius 3 is 2.59 bits per heavy atom. The maximum Gasteiger partial charge on any atom is 0.366 e. The molecule has 242 valence electrons. The Bertz CT molecular complexity index is 1280. The van der Waals surface area contributed by atoms with Gasteiger partial charge in [0.05, 0.1) is 18.6 Å². The molecule has 3 aliphatic heterocycles. The molecule has 1 saturated carbocycles. The van der Waals surface area contributed by atoms with Gasteiger partial charge >= 0.3 is 5.97 Å². The summed E-state index contributed by atoms with van der Waals surface area (Å²) in [7, 11) is 0. The van der Waals surface area contributed by atoms with E-state index in [-0.39, 0.29) is 31.3 Å². The summed E-state index contributed by atoms with van der Waals surface area (Å²) in [6.45, 7) is 5.67. The molecule has 4 fully saturated rings. The summed E-state index contributed by atoms with van der Waals surface area (Å²) in [4.78, 5) is 53.7. The first-order valence-electron chi connectivity index (χ1n) is 15.1. The molecule has 0 radical (unpaired) electrons. The zero-order chi connectivity index (χ0) is 32.2. The number of nitrogens with one attached hydrogen (secondary N) is 3. The van der Waals surface area contributed by atoms with Gasteiger partial charge in [-0.05, 0) is 69.2 Å². The third-order valence-corrected chi connectivity index (χ3v) is 8.71. The van der Waals surface area contributed by atoms with E-state index in [0.717, 1.165) is 6.08 Å².